The number of hydrogen-bond donors (Lipinski definition) is 0. The number of nitrogens with zero attached hydrogens (tertiary/aromatic N) is 2. The third-order valence-corrected chi connectivity index (χ3v) is 5.53. The second kappa shape index (κ2) is 5.32. The molecule has 0 aromatic heterocycles. The van der Waals surface area contributed by atoms with Crippen LogP contribution < -0.4 is 0 Å². The van der Waals surface area contributed by atoms with Crippen LogP contribution in [0.1, 0.15) is 25.8 Å². The predicted molar refractivity (Wildman–Crippen MR) is 72.9 cm³/mol. The molecular formula is C14H18N2O2S. The summed E-state index contributed by atoms with van der Waals surface area (Å²) < 4.78 is 26.6. The molecule has 102 valence electrons. The molecule has 1 heterocycles. The molecule has 5 heteroatoms. The van der Waals surface area contributed by atoms with Crippen molar-refractivity contribution in [3.8, 4) is 6.07 Å². The lowest BCUT2D eigenvalue weighted by atomic mass is 10.1. The molecule has 1 aromatic carbocycles. The van der Waals surface area contributed by atoms with Crippen molar-refractivity contribution in [3.05, 3.63) is 29.8 Å². The van der Waals surface area contributed by atoms with Gasteiger partial charge in [-0.15, -0.1) is 0 Å². The molecule has 1 fully saturated rings. The van der Waals surface area contributed by atoms with Crippen LogP contribution in [0.15, 0.2) is 29.2 Å². The molecule has 0 aliphatic carbocycles. The van der Waals surface area contributed by atoms with Gasteiger partial charge in [0.2, 0.25) is 10.0 Å². The first-order chi connectivity index (χ1) is 8.95. The van der Waals surface area contributed by atoms with Gasteiger partial charge >= 0.3 is 0 Å². The number of sulfonamides is 1. The molecule has 0 radical (unpaired) electrons. The molecule has 0 amide bonds. The van der Waals surface area contributed by atoms with Gasteiger partial charge in [0.25, 0.3) is 0 Å². The minimum absolute atomic E-state index is 0.0544. The molecular weight excluding hydrogens is 260 g/mol. The summed E-state index contributed by atoms with van der Waals surface area (Å²) in [4.78, 5) is 0.315. The molecule has 4 nitrogen and oxygen atoms in total. The van der Waals surface area contributed by atoms with Crippen LogP contribution in [0, 0.1) is 17.2 Å². The average Bonchev–Trinajstić information content (AvgIpc) is 2.70. The standard InChI is InChI=1S/C14H18N2O2S/c1-11-9-12(2)16(10-11)19(17,18)14-5-3-13(4-6-14)7-8-15/h3-6,11-12H,7,9-10H2,1-2H3. The van der Waals surface area contributed by atoms with Gasteiger partial charge in [0.05, 0.1) is 17.4 Å². The van der Waals surface area contributed by atoms with Crippen LogP contribution in [0.2, 0.25) is 0 Å². The minimum Gasteiger partial charge on any atom is -0.207 e. The average molecular weight is 278 g/mol. The van der Waals surface area contributed by atoms with E-state index in [-0.39, 0.29) is 6.04 Å². The Morgan fingerprint density at radius 1 is 1.32 bits per heavy atom. The Balaban J connectivity index is 2.27. The minimum atomic E-state index is -3.40. The fraction of sp³-hybridized carbons (Fsp3) is 0.500. The van der Waals surface area contributed by atoms with Crippen LogP contribution in [0.3, 0.4) is 0 Å². The number of benzene rings is 1. The normalized spacial score (nSPS) is 24.3. The highest BCUT2D eigenvalue weighted by Gasteiger charge is 2.35. The maximum Gasteiger partial charge on any atom is 0.243 e. The second-order valence-corrected chi connectivity index (χ2v) is 7.13. The molecule has 2 unspecified atom stereocenters. The number of nitriles is 1. The zero-order chi connectivity index (χ0) is 14.0. The Morgan fingerprint density at radius 3 is 2.42 bits per heavy atom. The maximum absolute atomic E-state index is 12.5. The van der Waals surface area contributed by atoms with Gasteiger partial charge in [-0.25, -0.2) is 8.42 Å². The maximum atomic E-state index is 12.5. The molecule has 0 bridgehead atoms. The molecule has 1 aromatic rings. The van der Waals surface area contributed by atoms with E-state index in [1.54, 1.807) is 28.6 Å². The van der Waals surface area contributed by atoms with E-state index in [0.29, 0.717) is 23.8 Å². The van der Waals surface area contributed by atoms with Crippen molar-refractivity contribution in [2.24, 2.45) is 5.92 Å². The second-order valence-electron chi connectivity index (χ2n) is 5.24. The van der Waals surface area contributed by atoms with Gasteiger partial charge in [-0.1, -0.05) is 19.1 Å². The lowest BCUT2D eigenvalue weighted by Crippen LogP contribution is -2.33. The summed E-state index contributed by atoms with van der Waals surface area (Å²) in [5.41, 5.74) is 0.837. The molecule has 1 saturated heterocycles. The topological polar surface area (TPSA) is 61.2 Å². The quantitative estimate of drug-likeness (QED) is 0.851. The Labute approximate surface area is 114 Å². The highest BCUT2D eigenvalue weighted by Crippen LogP contribution is 2.29. The van der Waals surface area contributed by atoms with Gasteiger partial charge in [-0.2, -0.15) is 9.57 Å². The zero-order valence-corrected chi connectivity index (χ0v) is 12.0. The first-order valence-corrected chi connectivity index (χ1v) is 7.87. The van der Waals surface area contributed by atoms with E-state index in [1.807, 2.05) is 6.92 Å². The van der Waals surface area contributed by atoms with Crippen LogP contribution in [-0.4, -0.2) is 25.3 Å². The monoisotopic (exact) mass is 278 g/mol. The summed E-state index contributed by atoms with van der Waals surface area (Å²) in [7, 11) is -3.40. The third-order valence-electron chi connectivity index (χ3n) is 3.54. The SMILES string of the molecule is CC1CC(C)N(S(=O)(=O)c2ccc(CC#N)cc2)C1. The lowest BCUT2D eigenvalue weighted by Gasteiger charge is -2.21. The summed E-state index contributed by atoms with van der Waals surface area (Å²) in [5.74, 6) is 0.405. The highest BCUT2D eigenvalue weighted by atomic mass is 32.2. The van der Waals surface area contributed by atoms with Gasteiger partial charge in [-0.3, -0.25) is 0 Å². The fourth-order valence-corrected chi connectivity index (χ4v) is 4.36. The van der Waals surface area contributed by atoms with E-state index in [4.69, 9.17) is 5.26 Å². The summed E-state index contributed by atoms with van der Waals surface area (Å²) in [6.07, 6.45) is 1.21. The predicted octanol–water partition coefficient (Wildman–Crippen LogP) is 2.17. The fourth-order valence-electron chi connectivity index (χ4n) is 2.60. The van der Waals surface area contributed by atoms with Crippen molar-refractivity contribution < 1.29 is 8.42 Å². The lowest BCUT2D eigenvalue weighted by molar-refractivity contribution is 0.405. The largest absolute Gasteiger partial charge is 0.243 e. The highest BCUT2D eigenvalue weighted by molar-refractivity contribution is 7.89. The zero-order valence-electron chi connectivity index (χ0n) is 11.2. The molecule has 1 aliphatic rings. The third kappa shape index (κ3) is 2.80. The van der Waals surface area contributed by atoms with Gasteiger partial charge in [0.1, 0.15) is 0 Å². The molecule has 2 atom stereocenters. The van der Waals surface area contributed by atoms with E-state index in [1.165, 1.54) is 0 Å². The van der Waals surface area contributed by atoms with Crippen LogP contribution in [-0.2, 0) is 16.4 Å². The van der Waals surface area contributed by atoms with E-state index in [9.17, 15) is 8.42 Å². The summed E-state index contributed by atoms with van der Waals surface area (Å²) in [6.45, 7) is 4.61. The Hall–Kier alpha value is -1.38. The molecule has 0 saturated carbocycles. The van der Waals surface area contributed by atoms with Crippen LogP contribution in [0.4, 0.5) is 0 Å². The number of rotatable bonds is 3. The Kier molecular flexibility index (Phi) is 3.93. The molecule has 2 rings (SSSR count). The van der Waals surface area contributed by atoms with Gasteiger partial charge in [0, 0.05) is 12.6 Å². The number of hydrogen-bond acceptors (Lipinski definition) is 3. The van der Waals surface area contributed by atoms with Gasteiger partial charge in [0.15, 0.2) is 0 Å². The first kappa shape index (κ1) is 14.0. The van der Waals surface area contributed by atoms with Gasteiger partial charge in [-0.05, 0) is 37.0 Å². The van der Waals surface area contributed by atoms with Crippen LogP contribution in [0.5, 0.6) is 0 Å². The summed E-state index contributed by atoms with van der Waals surface area (Å²) in [6, 6.07) is 8.71. The summed E-state index contributed by atoms with van der Waals surface area (Å²) >= 11 is 0. The molecule has 1 aliphatic heterocycles. The Morgan fingerprint density at radius 2 is 1.95 bits per heavy atom. The van der Waals surface area contributed by atoms with E-state index in [2.05, 4.69) is 13.0 Å². The molecule has 0 N–H and O–H groups in total. The van der Waals surface area contributed by atoms with Crippen molar-refractivity contribution in [2.45, 2.75) is 37.6 Å². The van der Waals surface area contributed by atoms with Crippen molar-refractivity contribution >= 4 is 10.0 Å². The Bertz CT molecular complexity index is 587. The summed E-state index contributed by atoms with van der Waals surface area (Å²) in [5, 5.41) is 8.61. The smallest absolute Gasteiger partial charge is 0.207 e. The van der Waals surface area contributed by atoms with Gasteiger partial charge < -0.3 is 0 Å². The van der Waals surface area contributed by atoms with E-state index < -0.39 is 10.0 Å². The van der Waals surface area contributed by atoms with Crippen molar-refractivity contribution in [2.75, 3.05) is 6.54 Å². The van der Waals surface area contributed by atoms with E-state index in [0.717, 1.165) is 12.0 Å². The first-order valence-electron chi connectivity index (χ1n) is 6.43. The van der Waals surface area contributed by atoms with Crippen molar-refractivity contribution in [3.63, 3.8) is 0 Å². The van der Waals surface area contributed by atoms with Crippen molar-refractivity contribution in [1.82, 2.24) is 4.31 Å². The molecule has 19 heavy (non-hydrogen) atoms. The van der Waals surface area contributed by atoms with Crippen LogP contribution >= 0.6 is 0 Å². The van der Waals surface area contributed by atoms with Crippen LogP contribution in [0.25, 0.3) is 0 Å². The van der Waals surface area contributed by atoms with E-state index >= 15 is 0 Å². The van der Waals surface area contributed by atoms with Crippen molar-refractivity contribution in [1.29, 1.82) is 5.26 Å². The molecule has 0 spiro atoms.